The summed E-state index contributed by atoms with van der Waals surface area (Å²) in [5.74, 6) is -0.417. The number of carbonyl (C=O) groups excluding carboxylic acids is 2. The smallest absolute Gasteiger partial charge is 0.411 e. The zero-order chi connectivity index (χ0) is 11.3. The lowest BCUT2D eigenvalue weighted by molar-refractivity contribution is 0.0601. The van der Waals surface area contributed by atoms with Crippen molar-refractivity contribution in [2.24, 2.45) is 0 Å². The molecule has 0 heterocycles. The molecule has 80 valence electrons. The lowest BCUT2D eigenvalue weighted by Gasteiger charge is -2.04. The molecule has 0 saturated heterocycles. The molecule has 0 aromatic heterocycles. The van der Waals surface area contributed by atoms with Crippen LogP contribution in [0.4, 0.5) is 10.5 Å². The van der Waals surface area contributed by atoms with Crippen LogP contribution in [0.3, 0.4) is 0 Å². The Hall–Kier alpha value is -2.04. The van der Waals surface area contributed by atoms with Crippen LogP contribution in [0.15, 0.2) is 24.3 Å². The first-order valence-electron chi connectivity index (χ1n) is 4.20. The number of rotatable bonds is 2. The van der Waals surface area contributed by atoms with Crippen molar-refractivity contribution in [3.05, 3.63) is 29.8 Å². The first-order valence-corrected chi connectivity index (χ1v) is 4.20. The first kappa shape index (κ1) is 11.0. The van der Waals surface area contributed by atoms with Gasteiger partial charge in [0.15, 0.2) is 0 Å². The zero-order valence-corrected chi connectivity index (χ0v) is 8.44. The third-order valence-corrected chi connectivity index (χ3v) is 1.74. The molecule has 5 nitrogen and oxygen atoms in total. The molecule has 0 spiro atoms. The molecule has 0 atom stereocenters. The topological polar surface area (TPSA) is 64.6 Å². The minimum Gasteiger partial charge on any atom is -0.465 e. The van der Waals surface area contributed by atoms with E-state index in [0.29, 0.717) is 11.3 Å². The highest BCUT2D eigenvalue weighted by Gasteiger charge is 2.05. The van der Waals surface area contributed by atoms with Crippen LogP contribution in [0.25, 0.3) is 0 Å². The number of ether oxygens (including phenoxy) is 2. The van der Waals surface area contributed by atoms with Crippen molar-refractivity contribution in [3.63, 3.8) is 0 Å². The van der Waals surface area contributed by atoms with E-state index >= 15 is 0 Å². The van der Waals surface area contributed by atoms with E-state index in [2.05, 4.69) is 14.8 Å². The van der Waals surface area contributed by atoms with Crippen LogP contribution in [0, 0.1) is 0 Å². The maximum absolute atomic E-state index is 11.1. The summed E-state index contributed by atoms with van der Waals surface area (Å²) < 4.78 is 8.94. The van der Waals surface area contributed by atoms with E-state index in [1.165, 1.54) is 14.2 Å². The number of hydrogen-bond acceptors (Lipinski definition) is 4. The molecule has 1 amide bonds. The van der Waals surface area contributed by atoms with Crippen molar-refractivity contribution in [1.82, 2.24) is 0 Å². The van der Waals surface area contributed by atoms with Crippen molar-refractivity contribution in [2.75, 3.05) is 19.5 Å². The van der Waals surface area contributed by atoms with Crippen LogP contribution in [-0.4, -0.2) is 26.3 Å². The summed E-state index contributed by atoms with van der Waals surface area (Å²) in [6.07, 6.45) is -0.555. The van der Waals surface area contributed by atoms with Crippen LogP contribution in [0.2, 0.25) is 0 Å². The number of nitrogens with one attached hydrogen (secondary N) is 1. The Morgan fingerprint density at radius 3 is 2.13 bits per heavy atom. The molecule has 1 aromatic carbocycles. The van der Waals surface area contributed by atoms with E-state index < -0.39 is 12.1 Å². The predicted molar refractivity (Wildman–Crippen MR) is 53.8 cm³/mol. The molecular weight excluding hydrogens is 198 g/mol. The lowest BCUT2D eigenvalue weighted by atomic mass is 10.2. The number of amides is 1. The molecule has 0 aliphatic rings. The molecule has 0 bridgehead atoms. The van der Waals surface area contributed by atoms with Gasteiger partial charge in [0.25, 0.3) is 0 Å². The predicted octanol–water partition coefficient (Wildman–Crippen LogP) is 1.65. The molecule has 1 aromatic rings. The third kappa shape index (κ3) is 2.98. The summed E-state index contributed by atoms with van der Waals surface area (Å²) >= 11 is 0. The number of carbonyl (C=O) groups is 2. The first-order chi connectivity index (χ1) is 7.17. The summed E-state index contributed by atoms with van der Waals surface area (Å²) in [4.78, 5) is 21.9. The van der Waals surface area contributed by atoms with Crippen LogP contribution < -0.4 is 5.32 Å². The van der Waals surface area contributed by atoms with E-state index in [0.717, 1.165) is 0 Å². The molecule has 0 saturated carbocycles. The molecule has 0 unspecified atom stereocenters. The van der Waals surface area contributed by atoms with Gasteiger partial charge in [-0.15, -0.1) is 0 Å². The van der Waals surface area contributed by atoms with E-state index in [4.69, 9.17) is 0 Å². The molecule has 1 rings (SSSR count). The Morgan fingerprint density at radius 2 is 1.67 bits per heavy atom. The molecule has 0 aliphatic carbocycles. The van der Waals surface area contributed by atoms with Gasteiger partial charge in [-0.05, 0) is 24.3 Å². The van der Waals surface area contributed by atoms with Crippen molar-refractivity contribution < 1.29 is 19.1 Å². The Labute approximate surface area is 87.0 Å². The summed E-state index contributed by atoms with van der Waals surface area (Å²) in [5.41, 5.74) is 0.974. The zero-order valence-electron chi connectivity index (χ0n) is 8.44. The average molecular weight is 209 g/mol. The van der Waals surface area contributed by atoms with Gasteiger partial charge in [-0.1, -0.05) is 0 Å². The summed E-state index contributed by atoms with van der Waals surface area (Å²) in [7, 11) is 2.58. The normalized spacial score (nSPS) is 9.20. The Balaban J connectivity index is 2.72. The van der Waals surface area contributed by atoms with Gasteiger partial charge in [0.05, 0.1) is 19.8 Å². The Morgan fingerprint density at radius 1 is 1.07 bits per heavy atom. The molecular formula is C10H11NO4. The van der Waals surface area contributed by atoms with Crippen molar-refractivity contribution >= 4 is 17.7 Å². The van der Waals surface area contributed by atoms with Crippen LogP contribution >= 0.6 is 0 Å². The second-order valence-electron chi connectivity index (χ2n) is 2.69. The van der Waals surface area contributed by atoms with Gasteiger partial charge in [-0.2, -0.15) is 0 Å². The van der Waals surface area contributed by atoms with E-state index in [1.807, 2.05) is 0 Å². The fourth-order valence-corrected chi connectivity index (χ4v) is 0.976. The summed E-state index contributed by atoms with van der Waals surface area (Å²) in [6, 6.07) is 6.28. The summed E-state index contributed by atoms with van der Waals surface area (Å²) in [5, 5.41) is 2.46. The maximum atomic E-state index is 11.1. The van der Waals surface area contributed by atoms with Crippen molar-refractivity contribution in [1.29, 1.82) is 0 Å². The Bertz CT molecular complexity index is 358. The molecule has 0 radical (unpaired) electrons. The fourth-order valence-electron chi connectivity index (χ4n) is 0.976. The van der Waals surface area contributed by atoms with Gasteiger partial charge in [-0.25, -0.2) is 9.59 Å². The van der Waals surface area contributed by atoms with Gasteiger partial charge in [0.1, 0.15) is 0 Å². The van der Waals surface area contributed by atoms with Gasteiger partial charge >= 0.3 is 12.1 Å². The number of hydrogen-bond donors (Lipinski definition) is 1. The summed E-state index contributed by atoms with van der Waals surface area (Å²) in [6.45, 7) is 0. The highest BCUT2D eigenvalue weighted by molar-refractivity contribution is 5.90. The van der Waals surface area contributed by atoms with E-state index in [1.54, 1.807) is 24.3 Å². The van der Waals surface area contributed by atoms with Gasteiger partial charge < -0.3 is 9.47 Å². The lowest BCUT2D eigenvalue weighted by Crippen LogP contribution is -2.11. The maximum Gasteiger partial charge on any atom is 0.411 e. The molecule has 5 heteroatoms. The number of benzene rings is 1. The SMILES string of the molecule is COC(=O)Nc1ccc(C(=O)OC)cc1. The quantitative estimate of drug-likeness (QED) is 0.752. The largest absolute Gasteiger partial charge is 0.465 e. The van der Waals surface area contributed by atoms with Crippen LogP contribution in [0.5, 0.6) is 0 Å². The van der Waals surface area contributed by atoms with Gasteiger partial charge in [-0.3, -0.25) is 5.32 Å². The van der Waals surface area contributed by atoms with Crippen molar-refractivity contribution in [3.8, 4) is 0 Å². The highest BCUT2D eigenvalue weighted by atomic mass is 16.5. The van der Waals surface area contributed by atoms with Crippen molar-refractivity contribution in [2.45, 2.75) is 0 Å². The Kier molecular flexibility index (Phi) is 3.68. The number of esters is 1. The molecule has 15 heavy (non-hydrogen) atoms. The minimum absolute atomic E-state index is 0.417. The second-order valence-corrected chi connectivity index (χ2v) is 2.69. The monoisotopic (exact) mass is 209 g/mol. The van der Waals surface area contributed by atoms with Crippen LogP contribution in [0.1, 0.15) is 10.4 Å². The van der Waals surface area contributed by atoms with E-state index in [-0.39, 0.29) is 0 Å². The standard InChI is InChI=1S/C10H11NO4/c1-14-9(12)7-3-5-8(6-4-7)11-10(13)15-2/h3-6H,1-2H3,(H,11,13). The van der Waals surface area contributed by atoms with Gasteiger partial charge in [0, 0.05) is 5.69 Å². The van der Waals surface area contributed by atoms with Gasteiger partial charge in [0.2, 0.25) is 0 Å². The average Bonchev–Trinajstić information content (AvgIpc) is 2.29. The molecule has 0 aliphatic heterocycles. The van der Waals surface area contributed by atoms with E-state index in [9.17, 15) is 9.59 Å². The number of anilines is 1. The second kappa shape index (κ2) is 4.99. The highest BCUT2D eigenvalue weighted by Crippen LogP contribution is 2.10. The fraction of sp³-hybridized carbons (Fsp3) is 0.200. The third-order valence-electron chi connectivity index (χ3n) is 1.74. The molecule has 1 N–H and O–H groups in total. The number of methoxy groups -OCH3 is 2. The minimum atomic E-state index is -0.555. The van der Waals surface area contributed by atoms with Crippen LogP contribution in [-0.2, 0) is 9.47 Å². The molecule has 0 fully saturated rings.